The molecule has 1 atom stereocenters. The van der Waals surface area contributed by atoms with Gasteiger partial charge >= 0.3 is 0 Å². The van der Waals surface area contributed by atoms with E-state index >= 15 is 0 Å². The van der Waals surface area contributed by atoms with Crippen LogP contribution < -0.4 is 5.32 Å². The number of nitrogens with zero attached hydrogens (tertiary/aromatic N) is 4. The van der Waals surface area contributed by atoms with Crippen molar-refractivity contribution in [1.82, 2.24) is 24.7 Å². The lowest BCUT2D eigenvalue weighted by molar-refractivity contribution is 0.553. The first-order chi connectivity index (χ1) is 9.74. The van der Waals surface area contributed by atoms with Crippen LogP contribution in [0.2, 0.25) is 0 Å². The van der Waals surface area contributed by atoms with E-state index in [-0.39, 0.29) is 6.04 Å². The molecule has 0 bridgehead atoms. The molecule has 3 aromatic rings. The summed E-state index contributed by atoms with van der Waals surface area (Å²) in [6, 6.07) is 6.13. The Morgan fingerprint density at radius 3 is 2.95 bits per heavy atom. The molecule has 0 aliphatic carbocycles. The maximum Gasteiger partial charge on any atom is 0.155 e. The number of rotatable bonds is 4. The molecule has 0 spiro atoms. The molecule has 0 aliphatic heterocycles. The van der Waals surface area contributed by atoms with Crippen LogP contribution >= 0.6 is 15.9 Å². The van der Waals surface area contributed by atoms with Gasteiger partial charge in [0.1, 0.15) is 4.60 Å². The van der Waals surface area contributed by atoms with Gasteiger partial charge in [-0.2, -0.15) is 0 Å². The number of hydrogen-bond donors (Lipinski definition) is 1. The Labute approximate surface area is 125 Å². The van der Waals surface area contributed by atoms with Gasteiger partial charge in [-0.3, -0.25) is 9.38 Å². The van der Waals surface area contributed by atoms with Gasteiger partial charge in [0.25, 0.3) is 0 Å². The Morgan fingerprint density at radius 2 is 2.15 bits per heavy atom. The summed E-state index contributed by atoms with van der Waals surface area (Å²) in [5.74, 6) is 0. The predicted octanol–water partition coefficient (Wildman–Crippen LogP) is 2.74. The van der Waals surface area contributed by atoms with Crippen LogP contribution in [0.25, 0.3) is 5.65 Å². The monoisotopic (exact) mass is 331 g/mol. The third-order valence-electron chi connectivity index (χ3n) is 3.16. The van der Waals surface area contributed by atoms with Gasteiger partial charge in [0, 0.05) is 25.0 Å². The van der Waals surface area contributed by atoms with Crippen LogP contribution in [-0.4, -0.2) is 19.4 Å². The Bertz CT molecular complexity index is 710. The zero-order valence-corrected chi connectivity index (χ0v) is 12.6. The highest BCUT2D eigenvalue weighted by atomic mass is 79.9. The molecule has 0 fully saturated rings. The van der Waals surface area contributed by atoms with Crippen LogP contribution in [-0.2, 0) is 6.54 Å². The highest BCUT2D eigenvalue weighted by Crippen LogP contribution is 2.13. The van der Waals surface area contributed by atoms with E-state index in [1.165, 1.54) is 0 Å². The van der Waals surface area contributed by atoms with Crippen LogP contribution in [0.1, 0.15) is 24.4 Å². The normalized spacial score (nSPS) is 12.7. The fourth-order valence-corrected chi connectivity index (χ4v) is 2.35. The summed E-state index contributed by atoms with van der Waals surface area (Å²) in [6.07, 6.45) is 7.34. The Balaban J connectivity index is 1.75. The Morgan fingerprint density at radius 1 is 1.25 bits per heavy atom. The number of imidazole rings is 1. The van der Waals surface area contributed by atoms with Crippen LogP contribution in [0, 0.1) is 0 Å². The number of pyridine rings is 1. The van der Waals surface area contributed by atoms with Crippen molar-refractivity contribution in [3.05, 3.63) is 59.0 Å². The largest absolute Gasteiger partial charge is 0.303 e. The second kappa shape index (κ2) is 5.68. The maximum absolute atomic E-state index is 4.35. The van der Waals surface area contributed by atoms with Gasteiger partial charge in [0.05, 0.1) is 23.8 Å². The minimum atomic E-state index is 0.187. The molecule has 3 heterocycles. The summed E-state index contributed by atoms with van der Waals surface area (Å²) in [5.41, 5.74) is 2.96. The van der Waals surface area contributed by atoms with Crippen LogP contribution in [0.4, 0.5) is 0 Å². The summed E-state index contributed by atoms with van der Waals surface area (Å²) < 4.78 is 2.82. The number of halogens is 1. The van der Waals surface area contributed by atoms with Crippen molar-refractivity contribution in [3.63, 3.8) is 0 Å². The van der Waals surface area contributed by atoms with E-state index in [1.807, 2.05) is 41.2 Å². The summed E-state index contributed by atoms with van der Waals surface area (Å²) in [6.45, 7) is 2.82. The molecule has 5 nitrogen and oxygen atoms in total. The first kappa shape index (κ1) is 13.2. The molecule has 0 aliphatic rings. The highest BCUT2D eigenvalue weighted by Gasteiger charge is 2.08. The number of nitrogens with one attached hydrogen (secondary N) is 1. The maximum atomic E-state index is 4.35. The van der Waals surface area contributed by atoms with Crippen molar-refractivity contribution in [2.45, 2.75) is 19.5 Å². The first-order valence-electron chi connectivity index (χ1n) is 6.36. The standard InChI is InChI=1S/C14H14BrN5/c1-10(12-4-2-3-5-16-12)17-6-11-7-19-14-8-18-13(15)9-20(11)14/h2-5,7-10,17H,6H2,1H3/t10-/m1/s1. The third-order valence-corrected chi connectivity index (χ3v) is 3.57. The van der Waals surface area contributed by atoms with Gasteiger partial charge in [-0.25, -0.2) is 9.97 Å². The molecule has 0 saturated heterocycles. The molecule has 0 amide bonds. The average molecular weight is 332 g/mol. The van der Waals surface area contributed by atoms with E-state index in [1.54, 1.807) is 6.20 Å². The van der Waals surface area contributed by atoms with E-state index in [2.05, 4.69) is 43.1 Å². The van der Waals surface area contributed by atoms with E-state index in [0.717, 1.165) is 28.2 Å². The molecule has 0 aromatic carbocycles. The molecule has 6 heteroatoms. The highest BCUT2D eigenvalue weighted by molar-refractivity contribution is 9.10. The fraction of sp³-hybridized carbons (Fsp3) is 0.214. The molecular weight excluding hydrogens is 318 g/mol. The van der Waals surface area contributed by atoms with E-state index in [9.17, 15) is 0 Å². The molecule has 0 radical (unpaired) electrons. The molecule has 0 unspecified atom stereocenters. The van der Waals surface area contributed by atoms with Crippen LogP contribution in [0.5, 0.6) is 0 Å². The summed E-state index contributed by atoms with van der Waals surface area (Å²) >= 11 is 3.38. The zero-order valence-electron chi connectivity index (χ0n) is 11.0. The van der Waals surface area contributed by atoms with Crippen molar-refractivity contribution in [2.75, 3.05) is 0 Å². The van der Waals surface area contributed by atoms with Crippen LogP contribution in [0.3, 0.4) is 0 Å². The summed E-state index contributed by atoms with van der Waals surface area (Å²) in [4.78, 5) is 12.9. The summed E-state index contributed by atoms with van der Waals surface area (Å²) in [7, 11) is 0. The average Bonchev–Trinajstić information content (AvgIpc) is 2.88. The lowest BCUT2D eigenvalue weighted by Crippen LogP contribution is -2.19. The van der Waals surface area contributed by atoms with Gasteiger partial charge in [-0.1, -0.05) is 6.07 Å². The minimum Gasteiger partial charge on any atom is -0.303 e. The Kier molecular flexibility index (Phi) is 3.75. The lowest BCUT2D eigenvalue weighted by Gasteiger charge is -2.12. The first-order valence-corrected chi connectivity index (χ1v) is 7.15. The van der Waals surface area contributed by atoms with E-state index < -0.39 is 0 Å². The second-order valence-electron chi connectivity index (χ2n) is 4.54. The van der Waals surface area contributed by atoms with Crippen LogP contribution in [0.15, 0.2) is 47.6 Å². The third kappa shape index (κ3) is 2.71. The molecule has 3 rings (SSSR count). The number of hydrogen-bond acceptors (Lipinski definition) is 4. The smallest absolute Gasteiger partial charge is 0.155 e. The van der Waals surface area contributed by atoms with Gasteiger partial charge in [-0.15, -0.1) is 0 Å². The van der Waals surface area contributed by atoms with E-state index in [0.29, 0.717) is 0 Å². The molecule has 20 heavy (non-hydrogen) atoms. The van der Waals surface area contributed by atoms with Crippen molar-refractivity contribution in [3.8, 4) is 0 Å². The van der Waals surface area contributed by atoms with Gasteiger partial charge in [0.15, 0.2) is 5.65 Å². The quantitative estimate of drug-likeness (QED) is 0.798. The zero-order chi connectivity index (χ0) is 13.9. The van der Waals surface area contributed by atoms with E-state index in [4.69, 9.17) is 0 Å². The summed E-state index contributed by atoms with van der Waals surface area (Å²) in [5, 5.41) is 3.45. The number of aromatic nitrogens is 4. The van der Waals surface area contributed by atoms with Gasteiger partial charge in [-0.05, 0) is 35.0 Å². The molecular formula is C14H14BrN5. The van der Waals surface area contributed by atoms with Crippen molar-refractivity contribution >= 4 is 21.6 Å². The lowest BCUT2D eigenvalue weighted by atomic mass is 10.2. The van der Waals surface area contributed by atoms with Crippen molar-refractivity contribution in [1.29, 1.82) is 0 Å². The van der Waals surface area contributed by atoms with Crippen molar-refractivity contribution < 1.29 is 0 Å². The number of fused-ring (bicyclic) bond motifs is 1. The fourth-order valence-electron chi connectivity index (χ4n) is 2.04. The molecule has 1 N–H and O–H groups in total. The Hall–Kier alpha value is -1.79. The van der Waals surface area contributed by atoms with Crippen molar-refractivity contribution in [2.24, 2.45) is 0 Å². The molecule has 102 valence electrons. The minimum absolute atomic E-state index is 0.187. The van der Waals surface area contributed by atoms with Gasteiger partial charge in [0.2, 0.25) is 0 Å². The topological polar surface area (TPSA) is 55.1 Å². The second-order valence-corrected chi connectivity index (χ2v) is 5.36. The predicted molar refractivity (Wildman–Crippen MR) is 80.2 cm³/mol. The molecule has 3 aromatic heterocycles. The van der Waals surface area contributed by atoms with Gasteiger partial charge < -0.3 is 5.32 Å². The SMILES string of the molecule is C[C@@H](NCc1cnc2cnc(Br)cn12)c1ccccn1. The molecule has 0 saturated carbocycles.